The Hall–Kier alpha value is -0.790. The molecule has 0 fully saturated rings. The monoisotopic (exact) mass is 153 g/mol. The summed E-state index contributed by atoms with van der Waals surface area (Å²) in [7, 11) is 0. The molecule has 0 aromatic rings. The predicted molar refractivity (Wildman–Crippen MR) is 45.2 cm³/mol. The molecular weight excluding hydrogens is 138 g/mol. The van der Waals surface area contributed by atoms with E-state index in [4.69, 9.17) is 0 Å². The second kappa shape index (κ2) is 3.56. The minimum atomic E-state index is 0.264. The molecule has 0 spiro atoms. The van der Waals surface area contributed by atoms with Gasteiger partial charge in [-0.15, -0.1) is 0 Å². The minimum Gasteiger partial charge on any atom is -0.389 e. The highest BCUT2D eigenvalue weighted by Gasteiger charge is 2.15. The van der Waals surface area contributed by atoms with Crippen molar-refractivity contribution in [2.75, 3.05) is 6.54 Å². The van der Waals surface area contributed by atoms with E-state index in [0.29, 0.717) is 5.92 Å². The van der Waals surface area contributed by atoms with Crippen molar-refractivity contribution in [2.24, 2.45) is 5.92 Å². The molecule has 1 rings (SSSR count). The van der Waals surface area contributed by atoms with Crippen LogP contribution in [0.15, 0.2) is 11.8 Å². The minimum absolute atomic E-state index is 0.264. The SMILES string of the molecule is CCNC1=CC(=O)C[C@@H](C)C1. The van der Waals surface area contributed by atoms with Gasteiger partial charge in [0, 0.05) is 24.7 Å². The Morgan fingerprint density at radius 2 is 2.36 bits per heavy atom. The van der Waals surface area contributed by atoms with Crippen molar-refractivity contribution in [1.29, 1.82) is 0 Å². The first kappa shape index (κ1) is 8.31. The van der Waals surface area contributed by atoms with Gasteiger partial charge in [-0.2, -0.15) is 0 Å². The molecule has 1 aliphatic carbocycles. The van der Waals surface area contributed by atoms with Crippen LogP contribution in [0.2, 0.25) is 0 Å². The van der Waals surface area contributed by atoms with Gasteiger partial charge in [0.2, 0.25) is 0 Å². The number of hydrogen-bond donors (Lipinski definition) is 1. The second-order valence-electron chi connectivity index (χ2n) is 3.18. The molecule has 0 amide bonds. The molecule has 0 unspecified atom stereocenters. The molecule has 1 N–H and O–H groups in total. The number of rotatable bonds is 2. The zero-order chi connectivity index (χ0) is 8.27. The fourth-order valence-electron chi connectivity index (χ4n) is 1.45. The molecular formula is C9H15NO. The third-order valence-electron chi connectivity index (χ3n) is 1.86. The summed E-state index contributed by atoms with van der Waals surface area (Å²) in [5, 5.41) is 3.19. The highest BCUT2D eigenvalue weighted by molar-refractivity contribution is 5.91. The molecule has 0 radical (unpaired) electrons. The molecule has 2 nitrogen and oxygen atoms in total. The lowest BCUT2D eigenvalue weighted by molar-refractivity contribution is -0.115. The molecule has 0 bridgehead atoms. The van der Waals surface area contributed by atoms with Crippen molar-refractivity contribution in [1.82, 2.24) is 5.32 Å². The summed E-state index contributed by atoms with van der Waals surface area (Å²) in [5.74, 6) is 0.779. The van der Waals surface area contributed by atoms with Crippen LogP contribution in [-0.2, 0) is 4.79 Å². The molecule has 0 heterocycles. The van der Waals surface area contributed by atoms with Gasteiger partial charge in [0.1, 0.15) is 0 Å². The van der Waals surface area contributed by atoms with Gasteiger partial charge in [0.05, 0.1) is 0 Å². The summed E-state index contributed by atoms with van der Waals surface area (Å²) in [6.45, 7) is 5.07. The Labute approximate surface area is 67.7 Å². The fraction of sp³-hybridized carbons (Fsp3) is 0.667. The maximum absolute atomic E-state index is 11.0. The van der Waals surface area contributed by atoms with E-state index in [0.717, 1.165) is 25.1 Å². The number of nitrogens with one attached hydrogen (secondary N) is 1. The van der Waals surface area contributed by atoms with Gasteiger partial charge in [-0.1, -0.05) is 6.92 Å². The average molecular weight is 153 g/mol. The third-order valence-corrected chi connectivity index (χ3v) is 1.86. The lowest BCUT2D eigenvalue weighted by atomic mass is 9.93. The van der Waals surface area contributed by atoms with Gasteiger partial charge in [-0.05, 0) is 19.3 Å². The summed E-state index contributed by atoms with van der Waals surface area (Å²) < 4.78 is 0. The number of allylic oxidation sites excluding steroid dienone is 2. The first-order valence-electron chi connectivity index (χ1n) is 4.19. The van der Waals surface area contributed by atoms with Crippen molar-refractivity contribution in [3.8, 4) is 0 Å². The molecule has 0 aromatic carbocycles. The van der Waals surface area contributed by atoms with Crippen LogP contribution in [0.5, 0.6) is 0 Å². The zero-order valence-electron chi connectivity index (χ0n) is 7.18. The van der Waals surface area contributed by atoms with E-state index < -0.39 is 0 Å². The van der Waals surface area contributed by atoms with E-state index in [2.05, 4.69) is 12.2 Å². The van der Waals surface area contributed by atoms with Crippen molar-refractivity contribution in [3.63, 3.8) is 0 Å². The van der Waals surface area contributed by atoms with Crippen molar-refractivity contribution in [3.05, 3.63) is 11.8 Å². The summed E-state index contributed by atoms with van der Waals surface area (Å²) in [4.78, 5) is 11.0. The Bertz CT molecular complexity index is 184. The van der Waals surface area contributed by atoms with E-state index in [1.165, 1.54) is 0 Å². The van der Waals surface area contributed by atoms with Crippen molar-refractivity contribution < 1.29 is 4.79 Å². The van der Waals surface area contributed by atoms with E-state index in [1.54, 1.807) is 6.08 Å². The Morgan fingerprint density at radius 1 is 1.64 bits per heavy atom. The highest BCUT2D eigenvalue weighted by atomic mass is 16.1. The molecule has 0 aromatic heterocycles. The summed E-state index contributed by atoms with van der Waals surface area (Å²) in [6.07, 6.45) is 3.48. The van der Waals surface area contributed by atoms with Crippen LogP contribution in [-0.4, -0.2) is 12.3 Å². The van der Waals surface area contributed by atoms with Crippen LogP contribution in [0.3, 0.4) is 0 Å². The first-order valence-corrected chi connectivity index (χ1v) is 4.19. The van der Waals surface area contributed by atoms with E-state index >= 15 is 0 Å². The molecule has 0 saturated carbocycles. The predicted octanol–water partition coefficient (Wildman–Crippen LogP) is 1.48. The van der Waals surface area contributed by atoms with Crippen LogP contribution in [0, 0.1) is 5.92 Å². The van der Waals surface area contributed by atoms with E-state index in [-0.39, 0.29) is 5.78 Å². The smallest absolute Gasteiger partial charge is 0.157 e. The maximum atomic E-state index is 11.0. The standard InChI is InChI=1S/C9H15NO/c1-3-10-8-4-7(2)5-9(11)6-8/h6-7,10H,3-5H2,1-2H3/t7-/m0/s1. The van der Waals surface area contributed by atoms with Gasteiger partial charge in [-0.3, -0.25) is 4.79 Å². The van der Waals surface area contributed by atoms with Crippen molar-refractivity contribution >= 4 is 5.78 Å². The quantitative estimate of drug-likeness (QED) is 0.651. The molecule has 1 aliphatic rings. The molecule has 0 saturated heterocycles. The van der Waals surface area contributed by atoms with Gasteiger partial charge in [0.25, 0.3) is 0 Å². The zero-order valence-corrected chi connectivity index (χ0v) is 7.18. The van der Waals surface area contributed by atoms with Gasteiger partial charge in [0.15, 0.2) is 5.78 Å². The lowest BCUT2D eigenvalue weighted by Crippen LogP contribution is -2.21. The van der Waals surface area contributed by atoms with Crippen LogP contribution in [0.4, 0.5) is 0 Å². The first-order chi connectivity index (χ1) is 5.22. The van der Waals surface area contributed by atoms with Gasteiger partial charge < -0.3 is 5.32 Å². The van der Waals surface area contributed by atoms with Crippen LogP contribution < -0.4 is 5.32 Å². The van der Waals surface area contributed by atoms with Crippen LogP contribution >= 0.6 is 0 Å². The number of ketones is 1. The fourth-order valence-corrected chi connectivity index (χ4v) is 1.45. The van der Waals surface area contributed by atoms with E-state index in [9.17, 15) is 4.79 Å². The summed E-state index contributed by atoms with van der Waals surface area (Å²) in [5.41, 5.74) is 1.11. The molecule has 62 valence electrons. The normalized spacial score (nSPS) is 24.7. The van der Waals surface area contributed by atoms with Crippen LogP contribution in [0.1, 0.15) is 26.7 Å². The number of carbonyl (C=O) groups is 1. The van der Waals surface area contributed by atoms with Crippen molar-refractivity contribution in [2.45, 2.75) is 26.7 Å². The number of hydrogen-bond acceptors (Lipinski definition) is 2. The third kappa shape index (κ3) is 2.37. The molecule has 11 heavy (non-hydrogen) atoms. The number of carbonyl (C=O) groups excluding carboxylic acids is 1. The molecule has 2 heteroatoms. The summed E-state index contributed by atoms with van der Waals surface area (Å²) >= 11 is 0. The van der Waals surface area contributed by atoms with Gasteiger partial charge in [-0.25, -0.2) is 0 Å². The van der Waals surface area contributed by atoms with Crippen LogP contribution in [0.25, 0.3) is 0 Å². The second-order valence-corrected chi connectivity index (χ2v) is 3.18. The Balaban J connectivity index is 2.57. The van der Waals surface area contributed by atoms with E-state index in [1.807, 2.05) is 6.92 Å². The molecule has 0 aliphatic heterocycles. The van der Waals surface area contributed by atoms with Gasteiger partial charge >= 0.3 is 0 Å². The Morgan fingerprint density at radius 3 is 2.91 bits per heavy atom. The molecule has 1 atom stereocenters. The highest BCUT2D eigenvalue weighted by Crippen LogP contribution is 2.19. The topological polar surface area (TPSA) is 29.1 Å². The Kier molecular flexibility index (Phi) is 2.69. The lowest BCUT2D eigenvalue weighted by Gasteiger charge is -2.18. The average Bonchev–Trinajstić information content (AvgIpc) is 1.85. The summed E-state index contributed by atoms with van der Waals surface area (Å²) in [6, 6.07) is 0. The largest absolute Gasteiger partial charge is 0.389 e. The maximum Gasteiger partial charge on any atom is 0.157 e.